The van der Waals surface area contributed by atoms with Gasteiger partial charge in [-0.15, -0.1) is 0 Å². The number of rotatable bonds is 9. The summed E-state index contributed by atoms with van der Waals surface area (Å²) in [6, 6.07) is 10.5. The Morgan fingerprint density at radius 3 is 2.55 bits per heavy atom. The number of carboxylic acids is 1. The van der Waals surface area contributed by atoms with Crippen molar-refractivity contribution in [3.8, 4) is 17.2 Å². The van der Waals surface area contributed by atoms with Gasteiger partial charge in [0.05, 0.1) is 12.7 Å². The minimum atomic E-state index is -1.16. The summed E-state index contributed by atoms with van der Waals surface area (Å²) in [4.78, 5) is 37.6. The van der Waals surface area contributed by atoms with Crippen LogP contribution in [0.2, 0.25) is 0 Å². The Hall–Kier alpha value is -4.01. The van der Waals surface area contributed by atoms with Crippen LogP contribution in [0.15, 0.2) is 48.2 Å². The number of amides is 2. The van der Waals surface area contributed by atoms with Crippen molar-refractivity contribution in [1.29, 1.82) is 0 Å². The molecule has 9 heteroatoms. The van der Waals surface area contributed by atoms with Crippen LogP contribution < -0.4 is 24.8 Å². The molecule has 1 atom stereocenters. The number of ether oxygens (including phenoxy) is 3. The summed E-state index contributed by atoms with van der Waals surface area (Å²) in [5, 5.41) is 14.6. The molecule has 3 N–H and O–H groups in total. The SMILES string of the molecule is COc1ccccc1C(=O)N/C(=C\c1ccc2c(c1)OCO2)C(=O)N[C@@H](CC(C)C)C(=O)O. The maximum absolute atomic E-state index is 13.1. The van der Waals surface area contributed by atoms with Gasteiger partial charge >= 0.3 is 5.97 Å². The summed E-state index contributed by atoms with van der Waals surface area (Å²) in [7, 11) is 1.44. The van der Waals surface area contributed by atoms with E-state index >= 15 is 0 Å². The quantitative estimate of drug-likeness (QED) is 0.498. The van der Waals surface area contributed by atoms with Crippen LogP contribution in [0.3, 0.4) is 0 Å². The summed E-state index contributed by atoms with van der Waals surface area (Å²) in [6.07, 6.45) is 1.68. The van der Waals surface area contributed by atoms with Crippen molar-refractivity contribution in [3.05, 3.63) is 59.3 Å². The first kappa shape index (κ1) is 23.6. The van der Waals surface area contributed by atoms with Gasteiger partial charge in [0.1, 0.15) is 17.5 Å². The number of nitrogens with one attached hydrogen (secondary N) is 2. The van der Waals surface area contributed by atoms with Gasteiger partial charge < -0.3 is 30.0 Å². The van der Waals surface area contributed by atoms with E-state index in [1.165, 1.54) is 13.2 Å². The van der Waals surface area contributed by atoms with Crippen molar-refractivity contribution in [3.63, 3.8) is 0 Å². The first-order chi connectivity index (χ1) is 15.8. The molecule has 0 aromatic heterocycles. The average molecular weight is 454 g/mol. The Labute approximate surface area is 191 Å². The molecule has 33 heavy (non-hydrogen) atoms. The number of fused-ring (bicyclic) bond motifs is 1. The van der Waals surface area contributed by atoms with E-state index in [0.717, 1.165) is 0 Å². The lowest BCUT2D eigenvalue weighted by Crippen LogP contribution is -2.45. The van der Waals surface area contributed by atoms with Crippen molar-refractivity contribution in [2.45, 2.75) is 26.3 Å². The number of methoxy groups -OCH3 is 1. The van der Waals surface area contributed by atoms with E-state index in [4.69, 9.17) is 14.2 Å². The normalized spacial score (nSPS) is 13.4. The predicted octanol–water partition coefficient (Wildman–Crippen LogP) is 2.81. The summed E-state index contributed by atoms with van der Waals surface area (Å²) in [5.41, 5.74) is 0.654. The second kappa shape index (κ2) is 10.5. The summed E-state index contributed by atoms with van der Waals surface area (Å²) < 4.78 is 15.9. The van der Waals surface area contributed by atoms with E-state index in [0.29, 0.717) is 22.8 Å². The van der Waals surface area contributed by atoms with Gasteiger partial charge in [-0.05, 0) is 48.2 Å². The summed E-state index contributed by atoms with van der Waals surface area (Å²) in [5.74, 6) is -1.02. The van der Waals surface area contributed by atoms with Crippen molar-refractivity contribution in [1.82, 2.24) is 10.6 Å². The third-order valence-corrected chi connectivity index (χ3v) is 4.86. The van der Waals surface area contributed by atoms with Gasteiger partial charge in [0.15, 0.2) is 11.5 Å². The number of carbonyl (C=O) groups is 3. The highest BCUT2D eigenvalue weighted by Gasteiger charge is 2.25. The van der Waals surface area contributed by atoms with Crippen molar-refractivity contribution >= 4 is 23.9 Å². The third-order valence-electron chi connectivity index (χ3n) is 4.86. The zero-order chi connectivity index (χ0) is 24.0. The molecule has 0 saturated heterocycles. The van der Waals surface area contributed by atoms with Gasteiger partial charge in [0, 0.05) is 0 Å². The van der Waals surface area contributed by atoms with Gasteiger partial charge in [0.25, 0.3) is 11.8 Å². The first-order valence-electron chi connectivity index (χ1n) is 10.4. The molecule has 3 rings (SSSR count). The number of hydrogen-bond acceptors (Lipinski definition) is 6. The second-order valence-corrected chi connectivity index (χ2v) is 7.82. The summed E-state index contributed by atoms with van der Waals surface area (Å²) >= 11 is 0. The monoisotopic (exact) mass is 454 g/mol. The molecule has 2 aromatic carbocycles. The maximum atomic E-state index is 13.1. The third kappa shape index (κ3) is 6.03. The molecular weight excluding hydrogens is 428 g/mol. The smallest absolute Gasteiger partial charge is 0.326 e. The fourth-order valence-electron chi connectivity index (χ4n) is 3.28. The molecule has 0 bridgehead atoms. The van der Waals surface area contributed by atoms with Crippen LogP contribution in [0.25, 0.3) is 6.08 Å². The van der Waals surface area contributed by atoms with Crippen LogP contribution in [0.5, 0.6) is 17.2 Å². The number of carbonyl (C=O) groups excluding carboxylic acids is 2. The molecule has 0 unspecified atom stereocenters. The highest BCUT2D eigenvalue weighted by molar-refractivity contribution is 6.07. The number of carboxylic acid groups (broad SMARTS) is 1. The van der Waals surface area contributed by atoms with Crippen LogP contribution in [-0.4, -0.2) is 42.8 Å². The fourth-order valence-corrected chi connectivity index (χ4v) is 3.28. The fraction of sp³-hybridized carbons (Fsp3) is 0.292. The Morgan fingerprint density at radius 2 is 1.85 bits per heavy atom. The van der Waals surface area contributed by atoms with Crippen LogP contribution in [0.1, 0.15) is 36.2 Å². The molecule has 1 aliphatic rings. The lowest BCUT2D eigenvalue weighted by molar-refractivity contribution is -0.141. The Balaban J connectivity index is 1.92. The number of hydrogen-bond donors (Lipinski definition) is 3. The van der Waals surface area contributed by atoms with E-state index in [2.05, 4.69) is 10.6 Å². The lowest BCUT2D eigenvalue weighted by atomic mass is 10.0. The maximum Gasteiger partial charge on any atom is 0.326 e. The minimum Gasteiger partial charge on any atom is -0.496 e. The number of benzene rings is 2. The molecule has 0 spiro atoms. The molecule has 0 aliphatic carbocycles. The molecule has 2 amide bonds. The Morgan fingerprint density at radius 1 is 1.12 bits per heavy atom. The van der Waals surface area contributed by atoms with E-state index in [-0.39, 0.29) is 30.4 Å². The number of para-hydroxylation sites is 1. The molecule has 1 heterocycles. The zero-order valence-corrected chi connectivity index (χ0v) is 18.6. The van der Waals surface area contributed by atoms with Crippen molar-refractivity contribution in [2.75, 3.05) is 13.9 Å². The standard InChI is InChI=1S/C24H26N2O7/c1-14(2)10-18(24(29)30)26-23(28)17(11-15-8-9-20-21(12-15)33-13-32-20)25-22(27)16-6-4-5-7-19(16)31-3/h4-9,11-12,14,18H,10,13H2,1-3H3,(H,25,27)(H,26,28)(H,29,30)/b17-11-/t18-/m0/s1. The molecule has 1 aliphatic heterocycles. The molecule has 0 fully saturated rings. The van der Waals surface area contributed by atoms with Crippen LogP contribution in [0, 0.1) is 5.92 Å². The molecule has 2 aromatic rings. The van der Waals surface area contributed by atoms with Gasteiger partial charge in [-0.1, -0.05) is 32.0 Å². The predicted molar refractivity (Wildman–Crippen MR) is 120 cm³/mol. The second-order valence-electron chi connectivity index (χ2n) is 7.82. The minimum absolute atomic E-state index is 0.0378. The van der Waals surface area contributed by atoms with Gasteiger partial charge in [0.2, 0.25) is 6.79 Å². The number of aliphatic carboxylic acids is 1. The topological polar surface area (TPSA) is 123 Å². The van der Waals surface area contributed by atoms with Crippen molar-refractivity contribution < 1.29 is 33.7 Å². The van der Waals surface area contributed by atoms with Crippen LogP contribution in [0.4, 0.5) is 0 Å². The Kier molecular flexibility index (Phi) is 7.55. The van der Waals surface area contributed by atoms with Crippen LogP contribution >= 0.6 is 0 Å². The van der Waals surface area contributed by atoms with E-state index in [9.17, 15) is 19.5 Å². The lowest BCUT2D eigenvalue weighted by Gasteiger charge is -2.18. The van der Waals surface area contributed by atoms with E-state index < -0.39 is 23.8 Å². The molecule has 174 valence electrons. The first-order valence-corrected chi connectivity index (χ1v) is 10.4. The molecule has 9 nitrogen and oxygen atoms in total. The van der Waals surface area contributed by atoms with Crippen LogP contribution in [-0.2, 0) is 9.59 Å². The van der Waals surface area contributed by atoms with Gasteiger partial charge in [-0.25, -0.2) is 4.79 Å². The largest absolute Gasteiger partial charge is 0.496 e. The van der Waals surface area contributed by atoms with Gasteiger partial charge in [-0.2, -0.15) is 0 Å². The highest BCUT2D eigenvalue weighted by Crippen LogP contribution is 2.33. The molecule has 0 saturated carbocycles. The molecular formula is C24H26N2O7. The Bertz CT molecular complexity index is 1080. The van der Waals surface area contributed by atoms with E-state index in [1.54, 1.807) is 42.5 Å². The van der Waals surface area contributed by atoms with E-state index in [1.807, 2.05) is 13.8 Å². The van der Waals surface area contributed by atoms with Gasteiger partial charge in [-0.3, -0.25) is 9.59 Å². The highest BCUT2D eigenvalue weighted by atomic mass is 16.7. The zero-order valence-electron chi connectivity index (χ0n) is 18.6. The molecule has 0 radical (unpaired) electrons. The summed E-state index contributed by atoms with van der Waals surface area (Å²) in [6.45, 7) is 3.81. The van der Waals surface area contributed by atoms with Crippen molar-refractivity contribution in [2.24, 2.45) is 5.92 Å². The average Bonchev–Trinajstić information content (AvgIpc) is 3.25.